The number of aromatic nitrogens is 4. The van der Waals surface area contributed by atoms with E-state index in [1.807, 2.05) is 60.3 Å². The highest BCUT2D eigenvalue weighted by Crippen LogP contribution is 2.15. The molecule has 0 fully saturated rings. The van der Waals surface area contributed by atoms with E-state index in [4.69, 9.17) is 0 Å². The number of amides is 1. The van der Waals surface area contributed by atoms with Gasteiger partial charge in [-0.2, -0.15) is 0 Å². The van der Waals surface area contributed by atoms with E-state index >= 15 is 0 Å². The number of nitrogens with one attached hydrogen (secondary N) is 3. The van der Waals surface area contributed by atoms with Crippen LogP contribution in [-0.2, 0) is 11.3 Å². The van der Waals surface area contributed by atoms with Crippen molar-refractivity contribution in [1.29, 1.82) is 0 Å². The van der Waals surface area contributed by atoms with E-state index in [1.165, 1.54) is 0 Å². The van der Waals surface area contributed by atoms with Gasteiger partial charge in [-0.05, 0) is 31.2 Å². The molecule has 3 rings (SSSR count). The van der Waals surface area contributed by atoms with E-state index < -0.39 is 0 Å². The number of rotatable bonds is 8. The first-order valence-corrected chi connectivity index (χ1v) is 8.34. The van der Waals surface area contributed by atoms with Crippen LogP contribution in [0.1, 0.15) is 5.82 Å². The molecular weight excluding hydrogens is 330 g/mol. The van der Waals surface area contributed by atoms with Gasteiger partial charge in [0, 0.05) is 37.7 Å². The van der Waals surface area contributed by atoms with Gasteiger partial charge in [-0.1, -0.05) is 6.07 Å². The lowest BCUT2D eigenvalue weighted by molar-refractivity contribution is -0.121. The molecule has 0 radical (unpaired) electrons. The first-order valence-electron chi connectivity index (χ1n) is 8.34. The van der Waals surface area contributed by atoms with Gasteiger partial charge < -0.3 is 20.5 Å². The minimum absolute atomic E-state index is 0.0284. The first-order chi connectivity index (χ1) is 12.7. The third-order valence-electron chi connectivity index (χ3n) is 3.50. The van der Waals surface area contributed by atoms with Crippen molar-refractivity contribution in [3.8, 4) is 0 Å². The summed E-state index contributed by atoms with van der Waals surface area (Å²) in [6.07, 6.45) is 5.43. The van der Waals surface area contributed by atoms with Crippen molar-refractivity contribution in [1.82, 2.24) is 24.8 Å². The molecule has 3 aromatic rings. The van der Waals surface area contributed by atoms with Crippen molar-refractivity contribution < 1.29 is 4.79 Å². The molecule has 0 aliphatic carbocycles. The number of aryl methyl sites for hydroxylation is 1. The van der Waals surface area contributed by atoms with Gasteiger partial charge in [-0.3, -0.25) is 4.79 Å². The van der Waals surface area contributed by atoms with Gasteiger partial charge >= 0.3 is 0 Å². The van der Waals surface area contributed by atoms with Gasteiger partial charge in [0.2, 0.25) is 5.91 Å². The van der Waals surface area contributed by atoms with Crippen molar-refractivity contribution in [3.05, 3.63) is 60.8 Å². The molecule has 3 aromatic heterocycles. The zero-order valence-electron chi connectivity index (χ0n) is 14.5. The molecule has 0 aromatic carbocycles. The van der Waals surface area contributed by atoms with Crippen LogP contribution in [-0.4, -0.2) is 38.5 Å². The van der Waals surface area contributed by atoms with Gasteiger partial charge in [0.15, 0.2) is 0 Å². The lowest BCUT2D eigenvalue weighted by atomic mass is 10.4. The zero-order chi connectivity index (χ0) is 18.2. The van der Waals surface area contributed by atoms with Gasteiger partial charge in [-0.25, -0.2) is 15.0 Å². The molecule has 26 heavy (non-hydrogen) atoms. The predicted molar refractivity (Wildman–Crippen MR) is 100 cm³/mol. The average Bonchev–Trinajstić information content (AvgIpc) is 3.12. The van der Waals surface area contributed by atoms with Gasteiger partial charge in [-0.15, -0.1) is 0 Å². The highest BCUT2D eigenvalue weighted by atomic mass is 16.1. The molecule has 0 atom stereocenters. The van der Waals surface area contributed by atoms with Crippen molar-refractivity contribution in [2.45, 2.75) is 13.5 Å². The summed E-state index contributed by atoms with van der Waals surface area (Å²) >= 11 is 0. The Morgan fingerprint density at radius 3 is 2.62 bits per heavy atom. The Hall–Kier alpha value is -3.42. The highest BCUT2D eigenvalue weighted by molar-refractivity contribution is 5.75. The maximum atomic E-state index is 11.8. The number of nitrogens with zero attached hydrogens (tertiary/aromatic N) is 4. The second-order valence-electron chi connectivity index (χ2n) is 5.66. The third-order valence-corrected chi connectivity index (χ3v) is 3.50. The quantitative estimate of drug-likeness (QED) is 0.537. The van der Waals surface area contributed by atoms with Crippen molar-refractivity contribution in [2.24, 2.45) is 0 Å². The number of pyridine rings is 1. The Morgan fingerprint density at radius 1 is 1.04 bits per heavy atom. The van der Waals surface area contributed by atoms with Crippen LogP contribution in [0.4, 0.5) is 17.5 Å². The topological polar surface area (TPSA) is 96.8 Å². The number of anilines is 3. The number of carbonyl (C=O) groups excluding carboxylic acids is 1. The highest BCUT2D eigenvalue weighted by Gasteiger charge is 2.04. The van der Waals surface area contributed by atoms with Crippen LogP contribution in [0.2, 0.25) is 0 Å². The average molecular weight is 351 g/mol. The van der Waals surface area contributed by atoms with Crippen LogP contribution in [0.15, 0.2) is 55.0 Å². The van der Waals surface area contributed by atoms with E-state index in [0.29, 0.717) is 42.9 Å². The molecule has 3 N–H and O–H groups in total. The first kappa shape index (κ1) is 17.4. The smallest absolute Gasteiger partial charge is 0.239 e. The SMILES string of the molecule is Cc1nc(NCCNC(=O)Cn2cccc2)cc(Nc2ccccn2)n1. The van der Waals surface area contributed by atoms with Gasteiger partial charge in [0.1, 0.15) is 29.8 Å². The maximum Gasteiger partial charge on any atom is 0.239 e. The van der Waals surface area contributed by atoms with Crippen molar-refractivity contribution in [3.63, 3.8) is 0 Å². The fraction of sp³-hybridized carbons (Fsp3) is 0.222. The van der Waals surface area contributed by atoms with Gasteiger partial charge in [0.25, 0.3) is 0 Å². The van der Waals surface area contributed by atoms with E-state index in [-0.39, 0.29) is 5.91 Å². The summed E-state index contributed by atoms with van der Waals surface area (Å²) in [5, 5.41) is 9.21. The fourth-order valence-corrected chi connectivity index (χ4v) is 2.38. The molecule has 3 heterocycles. The molecule has 0 saturated carbocycles. The predicted octanol–water partition coefficient (Wildman–Crippen LogP) is 1.95. The largest absolute Gasteiger partial charge is 0.368 e. The molecule has 8 heteroatoms. The standard InChI is InChI=1S/C18H21N7O/c1-14-22-16(12-17(23-14)24-15-6-2-3-7-19-15)20-8-9-21-18(26)13-25-10-4-5-11-25/h2-7,10-12H,8-9,13H2,1H3,(H,21,26)(H2,19,20,22,23,24). The molecule has 0 saturated heterocycles. The van der Waals surface area contributed by atoms with Crippen LogP contribution < -0.4 is 16.0 Å². The molecule has 134 valence electrons. The number of carbonyl (C=O) groups is 1. The molecule has 1 amide bonds. The summed E-state index contributed by atoms with van der Waals surface area (Å²) in [4.78, 5) is 24.8. The molecule has 0 unspecified atom stereocenters. The molecule has 8 nitrogen and oxygen atoms in total. The second kappa shape index (κ2) is 8.61. The Labute approximate surface area is 151 Å². The van der Waals surface area contributed by atoms with Gasteiger partial charge in [0.05, 0.1) is 0 Å². The lowest BCUT2D eigenvalue weighted by Crippen LogP contribution is -2.31. The number of hydrogen-bond acceptors (Lipinski definition) is 6. The molecule has 0 spiro atoms. The van der Waals surface area contributed by atoms with Crippen molar-refractivity contribution in [2.75, 3.05) is 23.7 Å². The van der Waals surface area contributed by atoms with Crippen LogP contribution in [0.3, 0.4) is 0 Å². The number of hydrogen-bond donors (Lipinski definition) is 3. The van der Waals surface area contributed by atoms with E-state index in [0.717, 1.165) is 0 Å². The van der Waals surface area contributed by atoms with E-state index in [9.17, 15) is 4.79 Å². The summed E-state index contributed by atoms with van der Waals surface area (Å²) in [7, 11) is 0. The third kappa shape index (κ3) is 5.30. The maximum absolute atomic E-state index is 11.8. The second-order valence-corrected chi connectivity index (χ2v) is 5.66. The minimum Gasteiger partial charge on any atom is -0.368 e. The van der Waals surface area contributed by atoms with Crippen LogP contribution in [0.25, 0.3) is 0 Å². The molecule has 0 aliphatic rings. The van der Waals surface area contributed by atoms with Crippen LogP contribution in [0, 0.1) is 6.92 Å². The Bertz CT molecular complexity index is 834. The Kier molecular flexibility index (Phi) is 5.76. The van der Waals surface area contributed by atoms with Crippen LogP contribution in [0.5, 0.6) is 0 Å². The summed E-state index contributed by atoms with van der Waals surface area (Å²) in [5.74, 6) is 2.68. The fourth-order valence-electron chi connectivity index (χ4n) is 2.38. The van der Waals surface area contributed by atoms with E-state index in [1.54, 1.807) is 6.20 Å². The molecule has 0 aliphatic heterocycles. The van der Waals surface area contributed by atoms with Crippen molar-refractivity contribution >= 4 is 23.4 Å². The summed E-state index contributed by atoms with van der Waals surface area (Å²) in [6, 6.07) is 11.2. The van der Waals surface area contributed by atoms with E-state index in [2.05, 4.69) is 30.9 Å². The Balaban J connectivity index is 1.47. The van der Waals surface area contributed by atoms with Crippen LogP contribution >= 0.6 is 0 Å². The minimum atomic E-state index is -0.0284. The summed E-state index contributed by atoms with van der Waals surface area (Å²) < 4.78 is 1.83. The lowest BCUT2D eigenvalue weighted by Gasteiger charge is -2.10. The normalized spacial score (nSPS) is 10.3. The molecular formula is C18H21N7O. The zero-order valence-corrected chi connectivity index (χ0v) is 14.5. The summed E-state index contributed by atoms with van der Waals surface area (Å²) in [6.45, 7) is 3.22. The monoisotopic (exact) mass is 351 g/mol. The molecule has 0 bridgehead atoms. The Morgan fingerprint density at radius 2 is 1.85 bits per heavy atom. The summed E-state index contributed by atoms with van der Waals surface area (Å²) in [5.41, 5.74) is 0.